The van der Waals surface area contributed by atoms with Crippen LogP contribution in [0.25, 0.3) is 0 Å². The van der Waals surface area contributed by atoms with E-state index in [2.05, 4.69) is 0 Å². The second-order valence-electron chi connectivity index (χ2n) is 6.71. The Kier molecular flexibility index (Phi) is 6.69. The van der Waals surface area contributed by atoms with Gasteiger partial charge in [0.15, 0.2) is 0 Å². The van der Waals surface area contributed by atoms with Crippen molar-refractivity contribution >= 4 is 15.6 Å². The van der Waals surface area contributed by atoms with Crippen molar-refractivity contribution in [3.05, 3.63) is 89.5 Å². The highest BCUT2D eigenvalue weighted by atomic mass is 31.3. The lowest BCUT2D eigenvalue weighted by atomic mass is 10.2. The first-order valence-corrected chi connectivity index (χ1v) is 12.0. The van der Waals surface area contributed by atoms with E-state index in [1.165, 1.54) is 12.1 Å². The van der Waals surface area contributed by atoms with Crippen LogP contribution in [0.2, 0.25) is 0 Å². The molecule has 3 rings (SSSR count). The van der Waals surface area contributed by atoms with E-state index in [9.17, 15) is 14.0 Å². The first-order valence-electron chi connectivity index (χ1n) is 9.05. The normalized spacial score (nSPS) is 13.3. The summed E-state index contributed by atoms with van der Waals surface area (Å²) >= 11 is 0. The monoisotopic (exact) mass is 448 g/mol. The number of phosphoric acid groups is 2. The summed E-state index contributed by atoms with van der Waals surface area (Å²) in [6.07, 6.45) is 0. The van der Waals surface area contributed by atoms with Gasteiger partial charge in [-0.2, -0.15) is 4.31 Å². The number of phosphoric ester groups is 2. The van der Waals surface area contributed by atoms with Gasteiger partial charge in [-0.1, -0.05) is 53.1 Å². The quantitative estimate of drug-likeness (QED) is 0.400. The van der Waals surface area contributed by atoms with Gasteiger partial charge < -0.3 is 13.6 Å². The van der Waals surface area contributed by atoms with Gasteiger partial charge in [-0.3, -0.25) is 4.89 Å². The summed E-state index contributed by atoms with van der Waals surface area (Å²) in [5.41, 5.74) is 2.84. The topological polar surface area (TPSA) is 91.3 Å². The van der Waals surface area contributed by atoms with E-state index in [0.29, 0.717) is 0 Å². The Balaban J connectivity index is 1.85. The number of benzene rings is 3. The van der Waals surface area contributed by atoms with E-state index in [1.54, 1.807) is 60.7 Å². The molecule has 0 heterocycles. The van der Waals surface area contributed by atoms with E-state index in [1.807, 2.05) is 20.8 Å². The molecule has 3 aromatic rings. The van der Waals surface area contributed by atoms with Crippen LogP contribution >= 0.6 is 15.6 Å². The molecule has 1 N–H and O–H groups in total. The maximum absolute atomic E-state index is 13.3. The zero-order valence-corrected chi connectivity index (χ0v) is 18.5. The number of aryl methyl sites for hydroxylation is 3. The summed E-state index contributed by atoms with van der Waals surface area (Å²) in [5.74, 6) is 0.362. The molecule has 9 heteroatoms. The summed E-state index contributed by atoms with van der Waals surface area (Å²) in [6, 6.07) is 19.5. The predicted molar refractivity (Wildman–Crippen MR) is 114 cm³/mol. The summed E-state index contributed by atoms with van der Waals surface area (Å²) in [5, 5.41) is 0. The molecule has 7 nitrogen and oxygen atoms in total. The standard InChI is InChI=1S/C21H22O7P2/c1-16-4-10-19(11-5-16)25-29(22,23)28-30(24,26-20-12-6-17(2)7-13-20)27-21-14-8-18(3)9-15-21/h4-15H,1-3H3,(H,22,23). The van der Waals surface area contributed by atoms with Gasteiger partial charge in [-0.15, -0.1) is 0 Å². The SMILES string of the molecule is Cc1ccc(OP(=O)(O)OP(=O)(Oc2ccc(C)cc2)Oc2ccc(C)cc2)cc1. The molecule has 3 aromatic carbocycles. The second-order valence-corrected chi connectivity index (χ2v) is 9.74. The molecule has 0 saturated carbocycles. The maximum Gasteiger partial charge on any atom is 0.597 e. The van der Waals surface area contributed by atoms with Gasteiger partial charge in [0.1, 0.15) is 17.2 Å². The van der Waals surface area contributed by atoms with Gasteiger partial charge in [-0.25, -0.2) is 9.13 Å². The highest BCUT2D eigenvalue weighted by Gasteiger charge is 2.42. The molecule has 0 bridgehead atoms. The van der Waals surface area contributed by atoms with Crippen molar-refractivity contribution in [2.24, 2.45) is 0 Å². The minimum atomic E-state index is -4.86. The molecule has 1 atom stereocenters. The third kappa shape index (κ3) is 6.48. The van der Waals surface area contributed by atoms with Crippen molar-refractivity contribution in [3.8, 4) is 17.2 Å². The highest BCUT2D eigenvalue weighted by Crippen LogP contribution is 2.62. The average Bonchev–Trinajstić information content (AvgIpc) is 2.66. The Bertz CT molecular complexity index is 1030. The molecule has 30 heavy (non-hydrogen) atoms. The van der Waals surface area contributed by atoms with E-state index < -0.39 is 15.6 Å². The van der Waals surface area contributed by atoms with Gasteiger partial charge in [0.25, 0.3) is 0 Å². The Morgan fingerprint density at radius 2 is 0.867 bits per heavy atom. The highest BCUT2D eigenvalue weighted by molar-refractivity contribution is 7.62. The first kappa shape index (κ1) is 22.1. The maximum atomic E-state index is 13.3. The molecule has 158 valence electrons. The molecule has 1 unspecified atom stereocenters. The lowest BCUT2D eigenvalue weighted by molar-refractivity contribution is 0.238. The fourth-order valence-corrected chi connectivity index (χ4v) is 4.98. The second kappa shape index (κ2) is 9.07. The van der Waals surface area contributed by atoms with Crippen LogP contribution in [0.3, 0.4) is 0 Å². The van der Waals surface area contributed by atoms with Crippen LogP contribution in [0.4, 0.5) is 0 Å². The molecule has 0 spiro atoms. The van der Waals surface area contributed by atoms with E-state index in [4.69, 9.17) is 17.9 Å². The molecule has 0 aliphatic heterocycles. The van der Waals surface area contributed by atoms with E-state index >= 15 is 0 Å². The molecular formula is C21H22O7P2. The van der Waals surface area contributed by atoms with Gasteiger partial charge in [-0.05, 0) is 57.2 Å². The van der Waals surface area contributed by atoms with Gasteiger partial charge in [0.05, 0.1) is 0 Å². The zero-order valence-electron chi connectivity index (χ0n) is 16.7. The number of hydrogen-bond donors (Lipinski definition) is 1. The van der Waals surface area contributed by atoms with Crippen molar-refractivity contribution in [1.82, 2.24) is 0 Å². The fourth-order valence-electron chi connectivity index (χ4n) is 2.38. The molecule has 0 aliphatic rings. The average molecular weight is 448 g/mol. The predicted octanol–water partition coefficient (Wildman–Crippen LogP) is 6.37. The van der Waals surface area contributed by atoms with Crippen molar-refractivity contribution in [3.63, 3.8) is 0 Å². The Labute approximate surface area is 175 Å². The van der Waals surface area contributed by atoms with E-state index in [-0.39, 0.29) is 17.2 Å². The van der Waals surface area contributed by atoms with Crippen LogP contribution in [0.5, 0.6) is 17.2 Å². The van der Waals surface area contributed by atoms with Crippen LogP contribution in [-0.4, -0.2) is 4.89 Å². The Hall–Kier alpha value is -2.56. The largest absolute Gasteiger partial charge is 0.597 e. The van der Waals surface area contributed by atoms with Crippen molar-refractivity contribution in [2.75, 3.05) is 0 Å². The molecular weight excluding hydrogens is 426 g/mol. The van der Waals surface area contributed by atoms with Crippen LogP contribution in [0.1, 0.15) is 16.7 Å². The van der Waals surface area contributed by atoms with Crippen molar-refractivity contribution in [1.29, 1.82) is 0 Å². The van der Waals surface area contributed by atoms with Crippen LogP contribution in [0, 0.1) is 20.8 Å². The van der Waals surface area contributed by atoms with Crippen LogP contribution in [-0.2, 0) is 13.4 Å². The van der Waals surface area contributed by atoms with Crippen molar-refractivity contribution in [2.45, 2.75) is 20.8 Å². The Morgan fingerprint density at radius 3 is 1.20 bits per heavy atom. The summed E-state index contributed by atoms with van der Waals surface area (Å²) in [6.45, 7) is 5.61. The lowest BCUT2D eigenvalue weighted by Gasteiger charge is -2.21. The summed E-state index contributed by atoms with van der Waals surface area (Å²) in [4.78, 5) is 10.2. The third-order valence-corrected chi connectivity index (χ3v) is 6.86. The lowest BCUT2D eigenvalue weighted by Crippen LogP contribution is -2.06. The van der Waals surface area contributed by atoms with Gasteiger partial charge >= 0.3 is 15.6 Å². The van der Waals surface area contributed by atoms with E-state index in [0.717, 1.165) is 16.7 Å². The Morgan fingerprint density at radius 1 is 0.567 bits per heavy atom. The zero-order chi connectivity index (χ0) is 21.8. The third-order valence-electron chi connectivity index (χ3n) is 3.92. The van der Waals surface area contributed by atoms with Crippen molar-refractivity contribution < 1.29 is 31.9 Å². The van der Waals surface area contributed by atoms with Crippen LogP contribution in [0.15, 0.2) is 72.8 Å². The molecule has 0 radical (unpaired) electrons. The van der Waals surface area contributed by atoms with Gasteiger partial charge in [0.2, 0.25) is 0 Å². The fraction of sp³-hybridized carbons (Fsp3) is 0.143. The number of rotatable bonds is 8. The molecule has 0 fully saturated rings. The molecule has 0 aromatic heterocycles. The van der Waals surface area contributed by atoms with Crippen LogP contribution < -0.4 is 13.6 Å². The summed E-state index contributed by atoms with van der Waals surface area (Å²) < 4.78 is 46.6. The molecule has 0 saturated heterocycles. The number of hydrogen-bond acceptors (Lipinski definition) is 6. The van der Waals surface area contributed by atoms with Gasteiger partial charge in [0, 0.05) is 0 Å². The summed E-state index contributed by atoms with van der Waals surface area (Å²) in [7, 11) is -9.46. The first-order chi connectivity index (χ1) is 14.1. The minimum absolute atomic E-state index is 0.0728. The smallest absolute Gasteiger partial charge is 0.404 e. The molecule has 0 amide bonds. The minimum Gasteiger partial charge on any atom is -0.404 e. The molecule has 0 aliphatic carbocycles.